The SMILES string of the molecule is CN(CCc1ccccn1)c1c(Cl)cccc1CO. The van der Waals surface area contributed by atoms with Gasteiger partial charge in [0.05, 0.1) is 17.3 Å². The van der Waals surface area contributed by atoms with Gasteiger partial charge in [-0.25, -0.2) is 0 Å². The van der Waals surface area contributed by atoms with Crippen LogP contribution in [0.2, 0.25) is 5.02 Å². The predicted molar refractivity (Wildman–Crippen MR) is 78.6 cm³/mol. The number of halogens is 1. The molecule has 0 radical (unpaired) electrons. The first-order chi connectivity index (χ1) is 9.22. The van der Waals surface area contributed by atoms with Crippen LogP contribution >= 0.6 is 11.6 Å². The van der Waals surface area contributed by atoms with Gasteiger partial charge in [-0.2, -0.15) is 0 Å². The van der Waals surface area contributed by atoms with E-state index in [-0.39, 0.29) is 6.61 Å². The zero-order valence-electron chi connectivity index (χ0n) is 10.9. The number of rotatable bonds is 5. The van der Waals surface area contributed by atoms with E-state index in [0.29, 0.717) is 5.02 Å². The van der Waals surface area contributed by atoms with Gasteiger partial charge in [-0.15, -0.1) is 0 Å². The van der Waals surface area contributed by atoms with Gasteiger partial charge in [0, 0.05) is 37.5 Å². The van der Waals surface area contributed by atoms with E-state index in [1.807, 2.05) is 43.4 Å². The van der Waals surface area contributed by atoms with Crippen LogP contribution in [0.25, 0.3) is 0 Å². The zero-order valence-corrected chi connectivity index (χ0v) is 11.6. The minimum absolute atomic E-state index is 0.0101. The Kier molecular flexibility index (Phi) is 4.77. The molecular weight excluding hydrogens is 260 g/mol. The first kappa shape index (κ1) is 13.8. The molecule has 0 unspecified atom stereocenters. The molecule has 1 aromatic heterocycles. The number of para-hydroxylation sites is 1. The van der Waals surface area contributed by atoms with E-state index in [1.165, 1.54) is 0 Å². The summed E-state index contributed by atoms with van der Waals surface area (Å²) in [6.45, 7) is 0.789. The van der Waals surface area contributed by atoms with Gasteiger partial charge in [0.2, 0.25) is 0 Å². The van der Waals surface area contributed by atoms with E-state index >= 15 is 0 Å². The van der Waals surface area contributed by atoms with Crippen molar-refractivity contribution in [2.45, 2.75) is 13.0 Å². The summed E-state index contributed by atoms with van der Waals surface area (Å²) in [6.07, 6.45) is 2.64. The second-order valence-electron chi connectivity index (χ2n) is 4.40. The predicted octanol–water partition coefficient (Wildman–Crippen LogP) is 2.91. The number of aliphatic hydroxyl groups is 1. The number of nitrogens with zero attached hydrogens (tertiary/aromatic N) is 2. The number of pyridine rings is 1. The van der Waals surface area contributed by atoms with Crippen LogP contribution in [-0.4, -0.2) is 23.7 Å². The fourth-order valence-corrected chi connectivity index (χ4v) is 2.39. The third-order valence-electron chi connectivity index (χ3n) is 3.05. The van der Waals surface area contributed by atoms with E-state index in [1.54, 1.807) is 6.20 Å². The molecule has 0 amide bonds. The van der Waals surface area contributed by atoms with Crippen LogP contribution in [0.4, 0.5) is 5.69 Å². The second-order valence-corrected chi connectivity index (χ2v) is 4.81. The molecule has 1 aromatic carbocycles. The van der Waals surface area contributed by atoms with Crippen molar-refractivity contribution in [3.05, 3.63) is 58.9 Å². The molecule has 0 spiro atoms. The Hall–Kier alpha value is -1.58. The third-order valence-corrected chi connectivity index (χ3v) is 3.36. The fraction of sp³-hybridized carbons (Fsp3) is 0.267. The van der Waals surface area contributed by atoms with Gasteiger partial charge in [0.25, 0.3) is 0 Å². The number of anilines is 1. The third kappa shape index (κ3) is 3.46. The summed E-state index contributed by atoms with van der Waals surface area (Å²) >= 11 is 6.22. The molecule has 0 fully saturated rings. The largest absolute Gasteiger partial charge is 0.392 e. The summed E-state index contributed by atoms with van der Waals surface area (Å²) < 4.78 is 0. The van der Waals surface area contributed by atoms with Crippen LogP contribution in [0.3, 0.4) is 0 Å². The van der Waals surface area contributed by atoms with E-state index in [9.17, 15) is 5.11 Å². The fourth-order valence-electron chi connectivity index (χ4n) is 2.06. The summed E-state index contributed by atoms with van der Waals surface area (Å²) in [5, 5.41) is 10.0. The molecule has 2 aromatic rings. The van der Waals surface area contributed by atoms with Crippen molar-refractivity contribution >= 4 is 17.3 Å². The van der Waals surface area contributed by atoms with Crippen molar-refractivity contribution in [2.24, 2.45) is 0 Å². The van der Waals surface area contributed by atoms with Crippen molar-refractivity contribution in [1.82, 2.24) is 4.98 Å². The topological polar surface area (TPSA) is 36.4 Å². The number of likely N-dealkylation sites (N-methyl/N-ethyl adjacent to an activating group) is 1. The van der Waals surface area contributed by atoms with Crippen LogP contribution in [-0.2, 0) is 13.0 Å². The Labute approximate surface area is 118 Å². The highest BCUT2D eigenvalue weighted by Crippen LogP contribution is 2.29. The molecule has 0 saturated carbocycles. The molecule has 0 bridgehead atoms. The molecule has 0 saturated heterocycles. The number of hydrogen-bond donors (Lipinski definition) is 1. The summed E-state index contributed by atoms with van der Waals surface area (Å²) in [5.41, 5.74) is 2.78. The lowest BCUT2D eigenvalue weighted by Crippen LogP contribution is -2.22. The molecule has 0 aliphatic heterocycles. The van der Waals surface area contributed by atoms with E-state index in [0.717, 1.165) is 29.9 Å². The number of aromatic nitrogens is 1. The van der Waals surface area contributed by atoms with E-state index < -0.39 is 0 Å². The quantitative estimate of drug-likeness (QED) is 0.912. The van der Waals surface area contributed by atoms with Gasteiger partial charge in [-0.3, -0.25) is 4.98 Å². The summed E-state index contributed by atoms with van der Waals surface area (Å²) in [6, 6.07) is 11.5. The molecular formula is C15H17ClN2O. The minimum Gasteiger partial charge on any atom is -0.392 e. The van der Waals surface area contributed by atoms with Crippen LogP contribution in [0, 0.1) is 0 Å². The highest BCUT2D eigenvalue weighted by Gasteiger charge is 2.11. The average molecular weight is 277 g/mol. The smallest absolute Gasteiger partial charge is 0.0702 e. The normalized spacial score (nSPS) is 10.5. The lowest BCUT2D eigenvalue weighted by molar-refractivity contribution is 0.282. The number of hydrogen-bond acceptors (Lipinski definition) is 3. The van der Waals surface area contributed by atoms with E-state index in [2.05, 4.69) is 9.88 Å². The van der Waals surface area contributed by atoms with Gasteiger partial charge in [-0.1, -0.05) is 29.8 Å². The van der Waals surface area contributed by atoms with Crippen LogP contribution < -0.4 is 4.90 Å². The van der Waals surface area contributed by atoms with Crippen molar-refractivity contribution in [1.29, 1.82) is 0 Å². The highest BCUT2D eigenvalue weighted by atomic mass is 35.5. The molecule has 0 atom stereocenters. The lowest BCUT2D eigenvalue weighted by Gasteiger charge is -2.23. The Morgan fingerprint density at radius 2 is 2.05 bits per heavy atom. The maximum absolute atomic E-state index is 9.38. The van der Waals surface area contributed by atoms with Gasteiger partial charge in [0.15, 0.2) is 0 Å². The zero-order chi connectivity index (χ0) is 13.7. The Morgan fingerprint density at radius 1 is 1.21 bits per heavy atom. The van der Waals surface area contributed by atoms with Gasteiger partial charge in [0.1, 0.15) is 0 Å². The molecule has 0 aliphatic carbocycles. The van der Waals surface area contributed by atoms with Crippen molar-refractivity contribution in [3.8, 4) is 0 Å². The molecule has 1 heterocycles. The molecule has 19 heavy (non-hydrogen) atoms. The van der Waals surface area contributed by atoms with Gasteiger partial charge >= 0.3 is 0 Å². The Morgan fingerprint density at radius 3 is 2.74 bits per heavy atom. The molecule has 1 N–H and O–H groups in total. The van der Waals surface area contributed by atoms with Crippen LogP contribution in [0.15, 0.2) is 42.6 Å². The Bertz CT molecular complexity index is 531. The maximum Gasteiger partial charge on any atom is 0.0702 e. The van der Waals surface area contributed by atoms with Crippen molar-refractivity contribution in [3.63, 3.8) is 0 Å². The maximum atomic E-state index is 9.38. The molecule has 2 rings (SSSR count). The second kappa shape index (κ2) is 6.55. The minimum atomic E-state index is -0.0101. The average Bonchev–Trinajstić information content (AvgIpc) is 2.45. The van der Waals surface area contributed by atoms with Gasteiger partial charge < -0.3 is 10.0 Å². The number of benzene rings is 1. The Balaban J connectivity index is 2.10. The van der Waals surface area contributed by atoms with Crippen LogP contribution in [0.1, 0.15) is 11.3 Å². The first-order valence-electron chi connectivity index (χ1n) is 6.21. The standard InChI is InChI=1S/C15H17ClN2O/c1-18(10-8-13-6-2-3-9-17-13)15-12(11-19)5-4-7-14(15)16/h2-7,9,19H,8,10-11H2,1H3. The lowest BCUT2D eigenvalue weighted by atomic mass is 10.1. The molecule has 3 nitrogen and oxygen atoms in total. The highest BCUT2D eigenvalue weighted by molar-refractivity contribution is 6.33. The summed E-state index contributed by atoms with van der Waals surface area (Å²) in [7, 11) is 1.98. The molecule has 4 heteroatoms. The summed E-state index contributed by atoms with van der Waals surface area (Å²) in [4.78, 5) is 6.36. The monoisotopic (exact) mass is 276 g/mol. The van der Waals surface area contributed by atoms with Crippen molar-refractivity contribution < 1.29 is 5.11 Å². The first-order valence-corrected chi connectivity index (χ1v) is 6.59. The van der Waals surface area contributed by atoms with E-state index in [4.69, 9.17) is 11.6 Å². The van der Waals surface area contributed by atoms with Crippen LogP contribution in [0.5, 0.6) is 0 Å². The molecule has 100 valence electrons. The van der Waals surface area contributed by atoms with Gasteiger partial charge in [-0.05, 0) is 18.2 Å². The van der Waals surface area contributed by atoms with Crippen molar-refractivity contribution in [2.75, 3.05) is 18.5 Å². The molecule has 0 aliphatic rings. The summed E-state index contributed by atoms with van der Waals surface area (Å²) in [5.74, 6) is 0. The number of aliphatic hydroxyl groups excluding tert-OH is 1.